The van der Waals surface area contributed by atoms with Crippen molar-refractivity contribution in [1.82, 2.24) is 9.88 Å². The van der Waals surface area contributed by atoms with Crippen molar-refractivity contribution in [2.75, 3.05) is 6.54 Å². The Morgan fingerprint density at radius 3 is 3.00 bits per heavy atom. The maximum Gasteiger partial charge on any atom is 0.259 e. The molecule has 0 bridgehead atoms. The first-order valence-corrected chi connectivity index (χ1v) is 5.26. The molecule has 1 saturated carbocycles. The maximum absolute atomic E-state index is 13.3. The Morgan fingerprint density at radius 1 is 1.69 bits per heavy atom. The standard InChI is InChI=1S/C12H13FN2O/c1-2-8-15(9-5-6-9)12(16)10-4-3-7-14-11(10)13/h2-4,7,9H,1,5-6,8H2. The number of carbonyl (C=O) groups is 1. The number of pyridine rings is 1. The second-order valence-corrected chi connectivity index (χ2v) is 3.82. The van der Waals surface area contributed by atoms with Crippen molar-refractivity contribution in [3.05, 3.63) is 42.5 Å². The van der Waals surface area contributed by atoms with Crippen molar-refractivity contribution in [3.63, 3.8) is 0 Å². The Kier molecular flexibility index (Phi) is 2.99. The van der Waals surface area contributed by atoms with Gasteiger partial charge in [-0.25, -0.2) is 4.98 Å². The molecule has 0 atom stereocenters. The summed E-state index contributed by atoms with van der Waals surface area (Å²) in [4.78, 5) is 17.2. The van der Waals surface area contributed by atoms with E-state index in [0.717, 1.165) is 12.8 Å². The third kappa shape index (κ3) is 2.10. The van der Waals surface area contributed by atoms with Gasteiger partial charge in [0.05, 0.1) is 5.56 Å². The van der Waals surface area contributed by atoms with E-state index in [9.17, 15) is 9.18 Å². The van der Waals surface area contributed by atoms with Gasteiger partial charge in [-0.15, -0.1) is 6.58 Å². The topological polar surface area (TPSA) is 33.2 Å². The van der Waals surface area contributed by atoms with E-state index in [1.165, 1.54) is 12.3 Å². The molecule has 0 radical (unpaired) electrons. The average Bonchev–Trinajstić information content (AvgIpc) is 3.09. The summed E-state index contributed by atoms with van der Waals surface area (Å²) in [7, 11) is 0. The Balaban J connectivity index is 2.22. The summed E-state index contributed by atoms with van der Waals surface area (Å²) in [6.07, 6.45) is 4.97. The number of hydrogen-bond acceptors (Lipinski definition) is 2. The van der Waals surface area contributed by atoms with E-state index in [4.69, 9.17) is 0 Å². The highest BCUT2D eigenvalue weighted by Crippen LogP contribution is 2.28. The van der Waals surface area contributed by atoms with E-state index in [2.05, 4.69) is 11.6 Å². The van der Waals surface area contributed by atoms with Gasteiger partial charge in [-0.2, -0.15) is 4.39 Å². The van der Waals surface area contributed by atoms with Crippen LogP contribution in [0.4, 0.5) is 4.39 Å². The highest BCUT2D eigenvalue weighted by Gasteiger charge is 2.33. The lowest BCUT2D eigenvalue weighted by atomic mass is 10.2. The van der Waals surface area contributed by atoms with Gasteiger partial charge in [0.1, 0.15) is 0 Å². The van der Waals surface area contributed by atoms with Crippen LogP contribution in [-0.4, -0.2) is 28.4 Å². The van der Waals surface area contributed by atoms with Gasteiger partial charge >= 0.3 is 0 Å². The largest absolute Gasteiger partial charge is 0.332 e. The minimum Gasteiger partial charge on any atom is -0.332 e. The molecule has 0 unspecified atom stereocenters. The second kappa shape index (κ2) is 4.43. The molecule has 1 aromatic heterocycles. The smallest absolute Gasteiger partial charge is 0.259 e. The number of halogens is 1. The highest BCUT2D eigenvalue weighted by molar-refractivity contribution is 5.94. The first kappa shape index (κ1) is 10.8. The van der Waals surface area contributed by atoms with E-state index < -0.39 is 5.95 Å². The van der Waals surface area contributed by atoms with Gasteiger partial charge in [0, 0.05) is 18.8 Å². The second-order valence-electron chi connectivity index (χ2n) is 3.82. The van der Waals surface area contributed by atoms with Crippen LogP contribution in [0.15, 0.2) is 31.0 Å². The van der Waals surface area contributed by atoms with Gasteiger partial charge < -0.3 is 4.90 Å². The molecule has 2 rings (SSSR count). The van der Waals surface area contributed by atoms with Crippen LogP contribution in [0.2, 0.25) is 0 Å². The van der Waals surface area contributed by atoms with Crippen molar-refractivity contribution in [2.45, 2.75) is 18.9 Å². The fourth-order valence-electron chi connectivity index (χ4n) is 1.62. The summed E-state index contributed by atoms with van der Waals surface area (Å²) in [6.45, 7) is 4.06. The minimum atomic E-state index is -0.706. The van der Waals surface area contributed by atoms with Crippen LogP contribution in [-0.2, 0) is 0 Å². The van der Waals surface area contributed by atoms with Crippen LogP contribution in [0, 0.1) is 5.95 Å². The van der Waals surface area contributed by atoms with Crippen LogP contribution in [0.3, 0.4) is 0 Å². The van der Waals surface area contributed by atoms with Crippen molar-refractivity contribution in [2.24, 2.45) is 0 Å². The molecule has 1 aromatic rings. The zero-order valence-corrected chi connectivity index (χ0v) is 8.90. The van der Waals surface area contributed by atoms with Gasteiger partial charge in [-0.3, -0.25) is 4.79 Å². The van der Waals surface area contributed by atoms with Gasteiger partial charge in [0.2, 0.25) is 5.95 Å². The average molecular weight is 220 g/mol. The van der Waals surface area contributed by atoms with E-state index in [1.807, 2.05) is 0 Å². The Labute approximate surface area is 93.6 Å². The highest BCUT2D eigenvalue weighted by atomic mass is 19.1. The Hall–Kier alpha value is -1.71. The molecular formula is C12H13FN2O. The zero-order chi connectivity index (χ0) is 11.5. The van der Waals surface area contributed by atoms with Crippen molar-refractivity contribution < 1.29 is 9.18 Å². The third-order valence-corrected chi connectivity index (χ3v) is 2.56. The van der Waals surface area contributed by atoms with E-state index in [0.29, 0.717) is 6.54 Å². The molecule has 4 heteroatoms. The molecule has 0 aromatic carbocycles. The molecular weight excluding hydrogens is 207 g/mol. The van der Waals surface area contributed by atoms with E-state index >= 15 is 0 Å². The molecule has 0 saturated heterocycles. The van der Waals surface area contributed by atoms with Crippen molar-refractivity contribution >= 4 is 5.91 Å². The van der Waals surface area contributed by atoms with Crippen LogP contribution < -0.4 is 0 Å². The van der Waals surface area contributed by atoms with Crippen LogP contribution in [0.5, 0.6) is 0 Å². The van der Waals surface area contributed by atoms with Crippen LogP contribution >= 0.6 is 0 Å². The zero-order valence-electron chi connectivity index (χ0n) is 8.90. The fraction of sp³-hybridized carbons (Fsp3) is 0.333. The summed E-state index contributed by atoms with van der Waals surface area (Å²) in [5, 5.41) is 0. The molecule has 0 spiro atoms. The van der Waals surface area contributed by atoms with Crippen molar-refractivity contribution in [1.29, 1.82) is 0 Å². The maximum atomic E-state index is 13.3. The first-order valence-electron chi connectivity index (χ1n) is 5.26. The molecule has 1 aliphatic rings. The van der Waals surface area contributed by atoms with Crippen molar-refractivity contribution in [3.8, 4) is 0 Å². The molecule has 1 heterocycles. The minimum absolute atomic E-state index is 0.0382. The molecule has 0 aliphatic heterocycles. The predicted molar refractivity (Wildman–Crippen MR) is 58.5 cm³/mol. The van der Waals surface area contributed by atoms with Crippen LogP contribution in [0.1, 0.15) is 23.2 Å². The summed E-state index contributed by atoms with van der Waals surface area (Å²) < 4.78 is 13.3. The summed E-state index contributed by atoms with van der Waals surface area (Å²) in [5.74, 6) is -1.00. The monoisotopic (exact) mass is 220 g/mol. The van der Waals surface area contributed by atoms with Gasteiger partial charge in [-0.1, -0.05) is 6.08 Å². The molecule has 3 nitrogen and oxygen atoms in total. The molecule has 1 aliphatic carbocycles. The molecule has 84 valence electrons. The molecule has 16 heavy (non-hydrogen) atoms. The van der Waals surface area contributed by atoms with Crippen LogP contribution in [0.25, 0.3) is 0 Å². The number of nitrogens with zero attached hydrogens (tertiary/aromatic N) is 2. The SMILES string of the molecule is C=CCN(C(=O)c1cccnc1F)C1CC1. The first-order chi connectivity index (χ1) is 7.74. The van der Waals surface area contributed by atoms with Gasteiger partial charge in [0.25, 0.3) is 5.91 Å². The van der Waals surface area contributed by atoms with Gasteiger partial charge in [0.15, 0.2) is 0 Å². The lowest BCUT2D eigenvalue weighted by Gasteiger charge is -2.20. The molecule has 1 amide bonds. The predicted octanol–water partition coefficient (Wildman–Crippen LogP) is 2.01. The Morgan fingerprint density at radius 2 is 2.44 bits per heavy atom. The molecule has 1 fully saturated rings. The quantitative estimate of drug-likeness (QED) is 0.574. The lowest BCUT2D eigenvalue weighted by Crippen LogP contribution is -2.33. The number of rotatable bonds is 4. The lowest BCUT2D eigenvalue weighted by molar-refractivity contribution is 0.0757. The number of aromatic nitrogens is 1. The Bertz CT molecular complexity index is 415. The molecule has 0 N–H and O–H groups in total. The summed E-state index contributed by atoms with van der Waals surface area (Å²) in [6, 6.07) is 3.27. The number of hydrogen-bond donors (Lipinski definition) is 0. The van der Waals surface area contributed by atoms with E-state index in [1.54, 1.807) is 17.0 Å². The van der Waals surface area contributed by atoms with Gasteiger partial charge in [-0.05, 0) is 25.0 Å². The normalized spacial score (nSPS) is 14.6. The number of carbonyl (C=O) groups excluding carboxylic acids is 1. The summed E-state index contributed by atoms with van der Waals surface area (Å²) >= 11 is 0. The summed E-state index contributed by atoms with van der Waals surface area (Å²) in [5.41, 5.74) is 0.0382. The number of amides is 1. The third-order valence-electron chi connectivity index (χ3n) is 2.56. The fourth-order valence-corrected chi connectivity index (χ4v) is 1.62. The van der Waals surface area contributed by atoms with E-state index in [-0.39, 0.29) is 17.5 Å².